The first kappa shape index (κ1) is 15.8. The van der Waals surface area contributed by atoms with Gasteiger partial charge in [-0.3, -0.25) is 14.5 Å². The molecule has 0 aliphatic heterocycles. The highest BCUT2D eigenvalue weighted by Crippen LogP contribution is 2.07. The van der Waals surface area contributed by atoms with Gasteiger partial charge < -0.3 is 21.9 Å². The molecule has 0 aromatic heterocycles. The van der Waals surface area contributed by atoms with Crippen LogP contribution < -0.4 is 17.2 Å². The van der Waals surface area contributed by atoms with Crippen LogP contribution in [0.3, 0.4) is 0 Å². The summed E-state index contributed by atoms with van der Waals surface area (Å²) in [5, 5.41) is 0. The monoisotopic (exact) mass is 246 g/mol. The van der Waals surface area contributed by atoms with Crippen molar-refractivity contribution in [3.8, 4) is 0 Å². The third-order valence-electron chi connectivity index (χ3n) is 2.33. The number of primary amides is 2. The number of nitrogens with two attached hydrogens (primary N) is 3. The first-order valence-electron chi connectivity index (χ1n) is 5.51. The molecule has 7 heteroatoms. The number of nitrogens with zero attached hydrogens (tertiary/aromatic N) is 1. The summed E-state index contributed by atoms with van der Waals surface area (Å²) in [5.74, 6) is -1.000. The maximum Gasteiger partial charge on any atom is 0.231 e. The molecule has 0 rings (SSSR count). The number of hydrogen-bond acceptors (Lipinski definition) is 5. The number of rotatable bonds is 10. The van der Waals surface area contributed by atoms with Crippen molar-refractivity contribution < 1.29 is 14.3 Å². The van der Waals surface area contributed by atoms with Crippen LogP contribution in [0.2, 0.25) is 0 Å². The fourth-order valence-corrected chi connectivity index (χ4v) is 1.63. The Morgan fingerprint density at radius 1 is 1.24 bits per heavy atom. The number of carbonyl (C=O) groups excluding carboxylic acids is 2. The van der Waals surface area contributed by atoms with E-state index in [0.717, 1.165) is 12.8 Å². The minimum atomic E-state index is -0.500. The Bertz CT molecular complexity index is 232. The van der Waals surface area contributed by atoms with Gasteiger partial charge in [0.2, 0.25) is 11.8 Å². The van der Waals surface area contributed by atoms with E-state index in [1.165, 1.54) is 0 Å². The van der Waals surface area contributed by atoms with Crippen molar-refractivity contribution in [2.75, 3.05) is 33.4 Å². The number of ether oxygens (including phenoxy) is 1. The molecule has 1 unspecified atom stereocenters. The van der Waals surface area contributed by atoms with Crippen LogP contribution in [-0.2, 0) is 14.3 Å². The van der Waals surface area contributed by atoms with Crippen LogP contribution in [-0.4, -0.2) is 56.1 Å². The van der Waals surface area contributed by atoms with Gasteiger partial charge in [0.25, 0.3) is 0 Å². The van der Waals surface area contributed by atoms with Crippen LogP contribution in [0.4, 0.5) is 0 Å². The van der Waals surface area contributed by atoms with E-state index in [2.05, 4.69) is 0 Å². The summed E-state index contributed by atoms with van der Waals surface area (Å²) in [6.07, 6.45) is 1.51. The average molecular weight is 246 g/mol. The van der Waals surface area contributed by atoms with Gasteiger partial charge in [-0.15, -0.1) is 0 Å². The van der Waals surface area contributed by atoms with Gasteiger partial charge in [-0.1, -0.05) is 0 Å². The topological polar surface area (TPSA) is 125 Å². The molecule has 0 aromatic carbocycles. The Labute approximate surface area is 101 Å². The van der Waals surface area contributed by atoms with Gasteiger partial charge in [0, 0.05) is 13.2 Å². The Balaban J connectivity index is 4.52. The lowest BCUT2D eigenvalue weighted by atomic mass is 10.1. The first-order valence-corrected chi connectivity index (χ1v) is 5.51. The van der Waals surface area contributed by atoms with E-state index in [4.69, 9.17) is 21.9 Å². The van der Waals surface area contributed by atoms with E-state index in [0.29, 0.717) is 13.2 Å². The van der Waals surface area contributed by atoms with Crippen molar-refractivity contribution in [2.45, 2.75) is 18.9 Å². The quantitative estimate of drug-likeness (QED) is 0.411. The van der Waals surface area contributed by atoms with Gasteiger partial charge in [-0.25, -0.2) is 0 Å². The lowest BCUT2D eigenvalue weighted by Crippen LogP contribution is -2.47. The minimum Gasteiger partial charge on any atom is -0.383 e. The zero-order valence-corrected chi connectivity index (χ0v) is 10.2. The second-order valence-electron chi connectivity index (χ2n) is 3.88. The average Bonchev–Trinajstić information content (AvgIpc) is 2.22. The summed E-state index contributed by atoms with van der Waals surface area (Å²) in [7, 11) is 1.56. The van der Waals surface area contributed by atoms with Gasteiger partial charge in [-0.2, -0.15) is 0 Å². The highest BCUT2D eigenvalue weighted by Gasteiger charge is 2.21. The molecule has 6 N–H and O–H groups in total. The summed E-state index contributed by atoms with van der Waals surface area (Å²) in [6.45, 7) is 0.921. The Hall–Kier alpha value is -1.18. The smallest absolute Gasteiger partial charge is 0.231 e. The van der Waals surface area contributed by atoms with E-state index in [1.807, 2.05) is 0 Å². The molecule has 7 nitrogen and oxygen atoms in total. The number of methoxy groups -OCH3 is 1. The molecule has 0 fully saturated rings. The SMILES string of the molecule is COCC(CCCN)N(CC(N)=O)CC(N)=O. The fraction of sp³-hybridized carbons (Fsp3) is 0.800. The second kappa shape index (κ2) is 8.91. The standard InChI is InChI=1S/C10H22N4O3/c1-17-7-8(3-2-4-11)14(5-9(12)15)6-10(13)16/h8H,2-7,11H2,1H3,(H2,12,15)(H2,13,16). The predicted molar refractivity (Wildman–Crippen MR) is 63.9 cm³/mol. The molecule has 0 aromatic rings. The molecule has 0 aliphatic carbocycles. The molecule has 0 radical (unpaired) electrons. The first-order chi connectivity index (χ1) is 8.01. The normalized spacial score (nSPS) is 12.6. The van der Waals surface area contributed by atoms with Gasteiger partial charge in [-0.05, 0) is 19.4 Å². The van der Waals surface area contributed by atoms with Crippen LogP contribution in [0.1, 0.15) is 12.8 Å². The molecule has 100 valence electrons. The molecule has 0 saturated carbocycles. The lowest BCUT2D eigenvalue weighted by molar-refractivity contribution is -0.123. The maximum absolute atomic E-state index is 10.9. The molecule has 2 amide bonds. The van der Waals surface area contributed by atoms with E-state index < -0.39 is 11.8 Å². The molecule has 0 saturated heterocycles. The van der Waals surface area contributed by atoms with Crippen molar-refractivity contribution in [3.63, 3.8) is 0 Å². The number of carbonyl (C=O) groups is 2. The van der Waals surface area contributed by atoms with Gasteiger partial charge in [0.05, 0.1) is 19.7 Å². The van der Waals surface area contributed by atoms with Crippen LogP contribution in [0.5, 0.6) is 0 Å². The molecule has 0 spiro atoms. The van der Waals surface area contributed by atoms with Crippen LogP contribution >= 0.6 is 0 Å². The van der Waals surface area contributed by atoms with E-state index in [9.17, 15) is 9.59 Å². The van der Waals surface area contributed by atoms with E-state index >= 15 is 0 Å². The summed E-state index contributed by atoms with van der Waals surface area (Å²) < 4.78 is 5.06. The molecular formula is C10H22N4O3. The van der Waals surface area contributed by atoms with Crippen molar-refractivity contribution in [1.82, 2.24) is 4.90 Å². The van der Waals surface area contributed by atoms with Crippen LogP contribution in [0.25, 0.3) is 0 Å². The van der Waals surface area contributed by atoms with Crippen LogP contribution in [0.15, 0.2) is 0 Å². The van der Waals surface area contributed by atoms with Crippen molar-refractivity contribution in [2.24, 2.45) is 17.2 Å². The van der Waals surface area contributed by atoms with E-state index in [-0.39, 0.29) is 19.1 Å². The number of hydrogen-bond donors (Lipinski definition) is 3. The molecule has 0 aliphatic rings. The Morgan fingerprint density at radius 3 is 2.12 bits per heavy atom. The largest absolute Gasteiger partial charge is 0.383 e. The molecule has 0 bridgehead atoms. The van der Waals surface area contributed by atoms with E-state index in [1.54, 1.807) is 12.0 Å². The van der Waals surface area contributed by atoms with Gasteiger partial charge in [0.1, 0.15) is 0 Å². The van der Waals surface area contributed by atoms with Gasteiger partial charge in [0.15, 0.2) is 0 Å². The zero-order valence-electron chi connectivity index (χ0n) is 10.2. The fourth-order valence-electron chi connectivity index (χ4n) is 1.63. The lowest BCUT2D eigenvalue weighted by Gasteiger charge is -2.29. The summed E-state index contributed by atoms with van der Waals surface area (Å²) in [5.41, 5.74) is 15.7. The maximum atomic E-state index is 10.9. The third-order valence-corrected chi connectivity index (χ3v) is 2.33. The number of amides is 2. The van der Waals surface area contributed by atoms with Crippen molar-refractivity contribution in [1.29, 1.82) is 0 Å². The summed E-state index contributed by atoms with van der Waals surface area (Å²) >= 11 is 0. The molecular weight excluding hydrogens is 224 g/mol. The molecule has 1 atom stereocenters. The molecule has 0 heterocycles. The van der Waals surface area contributed by atoms with Crippen LogP contribution in [0, 0.1) is 0 Å². The van der Waals surface area contributed by atoms with Crippen molar-refractivity contribution in [3.05, 3.63) is 0 Å². The minimum absolute atomic E-state index is 0.0124. The zero-order chi connectivity index (χ0) is 13.3. The Kier molecular flexibility index (Phi) is 8.29. The highest BCUT2D eigenvalue weighted by molar-refractivity contribution is 5.79. The highest BCUT2D eigenvalue weighted by atomic mass is 16.5. The Morgan fingerprint density at radius 2 is 1.76 bits per heavy atom. The third kappa shape index (κ3) is 7.67. The second-order valence-corrected chi connectivity index (χ2v) is 3.88. The molecule has 17 heavy (non-hydrogen) atoms. The summed E-state index contributed by atoms with van der Waals surface area (Å²) in [6, 6.07) is -0.0800. The van der Waals surface area contributed by atoms with Crippen molar-refractivity contribution >= 4 is 11.8 Å². The van der Waals surface area contributed by atoms with Gasteiger partial charge >= 0.3 is 0 Å². The summed E-state index contributed by atoms with van der Waals surface area (Å²) in [4.78, 5) is 23.5. The predicted octanol–water partition coefficient (Wildman–Crippen LogP) is -1.99.